The molecule has 1 amide bonds. The zero-order chi connectivity index (χ0) is 14.5. The second-order valence-electron chi connectivity index (χ2n) is 5.56. The SMILES string of the molecule is CC(CO)N(C)C(=O)CCc1nc(C2CCCC2)no1. The number of carbonyl (C=O) groups is 1. The number of nitrogens with zero attached hydrogens (tertiary/aromatic N) is 3. The van der Waals surface area contributed by atoms with Gasteiger partial charge in [-0.25, -0.2) is 0 Å². The van der Waals surface area contributed by atoms with E-state index in [1.165, 1.54) is 12.8 Å². The number of hydrogen-bond acceptors (Lipinski definition) is 5. The van der Waals surface area contributed by atoms with Crippen molar-refractivity contribution in [3.63, 3.8) is 0 Å². The maximum absolute atomic E-state index is 11.9. The van der Waals surface area contributed by atoms with Crippen LogP contribution in [0.3, 0.4) is 0 Å². The molecule has 6 heteroatoms. The Morgan fingerprint density at radius 3 is 2.85 bits per heavy atom. The molecule has 1 saturated carbocycles. The van der Waals surface area contributed by atoms with E-state index in [2.05, 4.69) is 10.1 Å². The highest BCUT2D eigenvalue weighted by atomic mass is 16.5. The molecule has 112 valence electrons. The van der Waals surface area contributed by atoms with Crippen molar-refractivity contribution in [2.45, 2.75) is 57.4 Å². The van der Waals surface area contributed by atoms with Gasteiger partial charge in [0, 0.05) is 25.8 Å². The number of likely N-dealkylation sites (N-methyl/N-ethyl adjacent to an activating group) is 1. The zero-order valence-electron chi connectivity index (χ0n) is 12.2. The largest absolute Gasteiger partial charge is 0.394 e. The molecule has 1 aromatic heterocycles. The standard InChI is InChI=1S/C14H23N3O3/c1-10(9-18)17(2)13(19)8-7-12-15-14(16-20-12)11-5-3-4-6-11/h10-11,18H,3-9H2,1-2H3. The molecule has 0 radical (unpaired) electrons. The topological polar surface area (TPSA) is 79.5 Å². The predicted octanol–water partition coefficient (Wildman–Crippen LogP) is 1.50. The van der Waals surface area contributed by atoms with Crippen molar-refractivity contribution in [1.29, 1.82) is 0 Å². The van der Waals surface area contributed by atoms with Crippen LogP contribution in [0.1, 0.15) is 56.7 Å². The third-order valence-electron chi connectivity index (χ3n) is 4.08. The summed E-state index contributed by atoms with van der Waals surface area (Å²) in [6.45, 7) is 1.78. The minimum Gasteiger partial charge on any atom is -0.394 e. The Labute approximate surface area is 119 Å². The quantitative estimate of drug-likeness (QED) is 0.854. The molecule has 6 nitrogen and oxygen atoms in total. The van der Waals surface area contributed by atoms with Crippen LogP contribution in [0.4, 0.5) is 0 Å². The van der Waals surface area contributed by atoms with E-state index in [0.717, 1.165) is 18.7 Å². The number of carbonyl (C=O) groups excluding carboxylic acids is 1. The van der Waals surface area contributed by atoms with Crippen LogP contribution >= 0.6 is 0 Å². The first kappa shape index (κ1) is 15.0. The maximum Gasteiger partial charge on any atom is 0.227 e. The lowest BCUT2D eigenvalue weighted by Crippen LogP contribution is -2.37. The van der Waals surface area contributed by atoms with Gasteiger partial charge in [-0.2, -0.15) is 4.98 Å². The van der Waals surface area contributed by atoms with E-state index in [1.54, 1.807) is 11.9 Å². The summed E-state index contributed by atoms with van der Waals surface area (Å²) in [6.07, 6.45) is 5.52. The smallest absolute Gasteiger partial charge is 0.227 e. The van der Waals surface area contributed by atoms with Gasteiger partial charge in [0.25, 0.3) is 0 Å². The van der Waals surface area contributed by atoms with Crippen LogP contribution in [-0.4, -0.2) is 45.8 Å². The molecule has 1 aliphatic carbocycles. The van der Waals surface area contributed by atoms with Crippen LogP contribution in [0.25, 0.3) is 0 Å². The van der Waals surface area contributed by atoms with Crippen LogP contribution in [-0.2, 0) is 11.2 Å². The molecular formula is C14H23N3O3. The highest BCUT2D eigenvalue weighted by Gasteiger charge is 2.23. The van der Waals surface area contributed by atoms with Gasteiger partial charge in [-0.3, -0.25) is 4.79 Å². The van der Waals surface area contributed by atoms with E-state index in [-0.39, 0.29) is 18.6 Å². The van der Waals surface area contributed by atoms with E-state index < -0.39 is 0 Å². The van der Waals surface area contributed by atoms with Gasteiger partial charge in [0.15, 0.2) is 5.82 Å². The van der Waals surface area contributed by atoms with Crippen LogP contribution in [0, 0.1) is 0 Å². The fourth-order valence-electron chi connectivity index (χ4n) is 2.48. The molecule has 1 aromatic rings. The fraction of sp³-hybridized carbons (Fsp3) is 0.786. The van der Waals surface area contributed by atoms with Gasteiger partial charge in [0.1, 0.15) is 0 Å². The Balaban J connectivity index is 1.83. The van der Waals surface area contributed by atoms with Crippen molar-refractivity contribution in [3.05, 3.63) is 11.7 Å². The second kappa shape index (κ2) is 6.83. The molecule has 0 spiro atoms. The Bertz CT molecular complexity index is 441. The molecule has 2 rings (SSSR count). The first-order valence-electron chi connectivity index (χ1n) is 7.30. The summed E-state index contributed by atoms with van der Waals surface area (Å²) in [5.74, 6) is 1.74. The fourth-order valence-corrected chi connectivity index (χ4v) is 2.48. The number of aromatic nitrogens is 2. The third-order valence-corrected chi connectivity index (χ3v) is 4.08. The molecule has 1 unspecified atom stereocenters. The van der Waals surface area contributed by atoms with Crippen molar-refractivity contribution in [3.8, 4) is 0 Å². The van der Waals surface area contributed by atoms with Crippen molar-refractivity contribution in [2.24, 2.45) is 0 Å². The van der Waals surface area contributed by atoms with Crippen LogP contribution < -0.4 is 0 Å². The lowest BCUT2D eigenvalue weighted by molar-refractivity contribution is -0.132. The van der Waals surface area contributed by atoms with Gasteiger partial charge in [-0.05, 0) is 19.8 Å². The maximum atomic E-state index is 11.9. The summed E-state index contributed by atoms with van der Waals surface area (Å²) < 4.78 is 5.21. The average Bonchev–Trinajstić information content (AvgIpc) is 3.13. The molecule has 1 heterocycles. The molecular weight excluding hydrogens is 258 g/mol. The van der Waals surface area contributed by atoms with E-state index in [4.69, 9.17) is 9.63 Å². The number of rotatable bonds is 6. The summed E-state index contributed by atoms with van der Waals surface area (Å²) in [5.41, 5.74) is 0. The zero-order valence-corrected chi connectivity index (χ0v) is 12.2. The van der Waals surface area contributed by atoms with Gasteiger partial charge in [0.2, 0.25) is 11.8 Å². The summed E-state index contributed by atoms with van der Waals surface area (Å²) in [6, 6.07) is -0.167. The first-order chi connectivity index (χ1) is 9.61. The van der Waals surface area contributed by atoms with Gasteiger partial charge < -0.3 is 14.5 Å². The molecule has 1 atom stereocenters. The minimum absolute atomic E-state index is 0.0211. The monoisotopic (exact) mass is 281 g/mol. The summed E-state index contributed by atoms with van der Waals surface area (Å²) >= 11 is 0. The molecule has 0 aliphatic heterocycles. The van der Waals surface area contributed by atoms with E-state index in [9.17, 15) is 4.79 Å². The van der Waals surface area contributed by atoms with E-state index in [1.807, 2.05) is 6.92 Å². The molecule has 0 bridgehead atoms. The Kier molecular flexibility index (Phi) is 5.11. The Morgan fingerprint density at radius 1 is 1.50 bits per heavy atom. The lowest BCUT2D eigenvalue weighted by atomic mass is 10.1. The van der Waals surface area contributed by atoms with Gasteiger partial charge in [-0.15, -0.1) is 0 Å². The molecule has 0 saturated heterocycles. The van der Waals surface area contributed by atoms with E-state index >= 15 is 0 Å². The number of aliphatic hydroxyl groups excluding tert-OH is 1. The van der Waals surface area contributed by atoms with Gasteiger partial charge in [0.05, 0.1) is 12.6 Å². The Morgan fingerprint density at radius 2 is 2.20 bits per heavy atom. The predicted molar refractivity (Wildman–Crippen MR) is 73.1 cm³/mol. The molecule has 1 aliphatic rings. The highest BCUT2D eigenvalue weighted by molar-refractivity contribution is 5.76. The average molecular weight is 281 g/mol. The van der Waals surface area contributed by atoms with Gasteiger partial charge in [-0.1, -0.05) is 18.0 Å². The van der Waals surface area contributed by atoms with Crippen molar-refractivity contribution < 1.29 is 14.4 Å². The van der Waals surface area contributed by atoms with Crippen molar-refractivity contribution in [2.75, 3.05) is 13.7 Å². The summed E-state index contributed by atoms with van der Waals surface area (Å²) in [4.78, 5) is 17.8. The highest BCUT2D eigenvalue weighted by Crippen LogP contribution is 2.32. The first-order valence-corrected chi connectivity index (χ1v) is 7.30. The summed E-state index contributed by atoms with van der Waals surface area (Å²) in [7, 11) is 1.70. The van der Waals surface area contributed by atoms with Crippen LogP contribution in [0.5, 0.6) is 0 Å². The third kappa shape index (κ3) is 3.56. The minimum atomic E-state index is -0.167. The molecule has 0 aromatic carbocycles. The molecule has 1 fully saturated rings. The Hall–Kier alpha value is -1.43. The lowest BCUT2D eigenvalue weighted by Gasteiger charge is -2.22. The van der Waals surface area contributed by atoms with Crippen LogP contribution in [0.15, 0.2) is 4.52 Å². The number of aliphatic hydroxyl groups is 1. The summed E-state index contributed by atoms with van der Waals surface area (Å²) in [5, 5.41) is 13.1. The van der Waals surface area contributed by atoms with Gasteiger partial charge >= 0.3 is 0 Å². The van der Waals surface area contributed by atoms with Crippen molar-refractivity contribution in [1.82, 2.24) is 15.0 Å². The second-order valence-corrected chi connectivity index (χ2v) is 5.56. The van der Waals surface area contributed by atoms with E-state index in [0.29, 0.717) is 24.7 Å². The molecule has 1 N–H and O–H groups in total. The van der Waals surface area contributed by atoms with Crippen molar-refractivity contribution >= 4 is 5.91 Å². The number of amides is 1. The number of hydrogen-bond donors (Lipinski definition) is 1. The number of aryl methyl sites for hydroxylation is 1. The van der Waals surface area contributed by atoms with Crippen LogP contribution in [0.2, 0.25) is 0 Å². The molecule has 20 heavy (non-hydrogen) atoms. The normalized spacial score (nSPS) is 17.4.